The number of hydroxylamine groups is 2. The van der Waals surface area contributed by atoms with Crippen LogP contribution in [0, 0.1) is 0 Å². The van der Waals surface area contributed by atoms with E-state index in [9.17, 15) is 14.0 Å². The molecular weight excluding hydrogens is 255 g/mol. The Kier molecular flexibility index (Phi) is 4.39. The van der Waals surface area contributed by atoms with Crippen LogP contribution < -0.4 is 0 Å². The maximum absolute atomic E-state index is 14.5. The Labute approximate surface area is 112 Å². The van der Waals surface area contributed by atoms with Crippen LogP contribution >= 0.6 is 0 Å². The Bertz CT molecular complexity index is 369. The number of carbonyl (C=O) groups is 2. The Morgan fingerprint density at radius 1 is 1.37 bits per heavy atom. The summed E-state index contributed by atoms with van der Waals surface area (Å²) < 4.78 is 19.6. The van der Waals surface area contributed by atoms with Crippen LogP contribution in [0.1, 0.15) is 27.2 Å². The van der Waals surface area contributed by atoms with Gasteiger partial charge in [0.2, 0.25) is 5.67 Å². The lowest BCUT2D eigenvalue weighted by Crippen LogP contribution is -2.47. The van der Waals surface area contributed by atoms with E-state index in [0.717, 1.165) is 5.06 Å². The van der Waals surface area contributed by atoms with Crippen LogP contribution in [0.4, 0.5) is 9.18 Å². The molecule has 0 spiro atoms. The molecule has 19 heavy (non-hydrogen) atoms. The molecule has 0 bridgehead atoms. The van der Waals surface area contributed by atoms with Crippen molar-refractivity contribution in [1.29, 1.82) is 0 Å². The normalized spacial score (nSPS) is 23.4. The molecule has 1 aliphatic heterocycles. The molecule has 0 N–H and O–H groups in total. The SMILES string of the molecule is CON(C)C(=O)[C@]1(F)CCN(C(=O)OC(C)(C)C)C1. The fourth-order valence-corrected chi connectivity index (χ4v) is 1.79. The number of carbonyl (C=O) groups excluding carboxylic acids is 2. The molecule has 6 nitrogen and oxygen atoms in total. The van der Waals surface area contributed by atoms with Crippen molar-refractivity contribution in [3.63, 3.8) is 0 Å². The van der Waals surface area contributed by atoms with Gasteiger partial charge in [0.1, 0.15) is 5.60 Å². The summed E-state index contributed by atoms with van der Waals surface area (Å²) in [6.07, 6.45) is -0.668. The lowest BCUT2D eigenvalue weighted by molar-refractivity contribution is -0.181. The summed E-state index contributed by atoms with van der Waals surface area (Å²) >= 11 is 0. The van der Waals surface area contributed by atoms with E-state index in [0.29, 0.717) is 0 Å². The van der Waals surface area contributed by atoms with Crippen molar-refractivity contribution in [3.8, 4) is 0 Å². The number of hydrogen-bond acceptors (Lipinski definition) is 4. The first-order valence-corrected chi connectivity index (χ1v) is 6.08. The number of halogens is 1. The van der Waals surface area contributed by atoms with Crippen LogP contribution in [0.5, 0.6) is 0 Å². The summed E-state index contributed by atoms with van der Waals surface area (Å²) in [5, 5.41) is 0.832. The Hall–Kier alpha value is -1.37. The molecule has 0 aliphatic carbocycles. The largest absolute Gasteiger partial charge is 0.444 e. The minimum absolute atomic E-state index is 0.0568. The van der Waals surface area contributed by atoms with Crippen molar-refractivity contribution in [1.82, 2.24) is 9.96 Å². The van der Waals surface area contributed by atoms with Gasteiger partial charge in [-0.3, -0.25) is 9.63 Å². The second kappa shape index (κ2) is 5.32. The number of hydrogen-bond donors (Lipinski definition) is 0. The highest BCUT2D eigenvalue weighted by Gasteiger charge is 2.49. The molecule has 1 rings (SSSR count). The van der Waals surface area contributed by atoms with Crippen molar-refractivity contribution in [2.75, 3.05) is 27.2 Å². The zero-order valence-electron chi connectivity index (χ0n) is 12.0. The molecule has 7 heteroatoms. The molecule has 0 aromatic rings. The minimum atomic E-state index is -2.11. The smallest absolute Gasteiger partial charge is 0.410 e. The summed E-state index contributed by atoms with van der Waals surface area (Å²) in [6, 6.07) is 0. The van der Waals surface area contributed by atoms with Gasteiger partial charge in [-0.25, -0.2) is 14.2 Å². The van der Waals surface area contributed by atoms with Crippen LogP contribution in [0.25, 0.3) is 0 Å². The Morgan fingerprint density at radius 2 is 1.95 bits per heavy atom. The van der Waals surface area contributed by atoms with Crippen molar-refractivity contribution >= 4 is 12.0 Å². The maximum Gasteiger partial charge on any atom is 0.410 e. The summed E-state index contributed by atoms with van der Waals surface area (Å²) in [6.45, 7) is 5.03. The molecule has 2 amide bonds. The number of nitrogens with zero attached hydrogens (tertiary/aromatic N) is 2. The van der Waals surface area contributed by atoms with Gasteiger partial charge in [0.25, 0.3) is 5.91 Å². The van der Waals surface area contributed by atoms with E-state index >= 15 is 0 Å². The first-order valence-electron chi connectivity index (χ1n) is 6.08. The van der Waals surface area contributed by atoms with E-state index in [1.54, 1.807) is 20.8 Å². The first kappa shape index (κ1) is 15.7. The second-order valence-electron chi connectivity index (χ2n) is 5.60. The van der Waals surface area contributed by atoms with Gasteiger partial charge < -0.3 is 9.64 Å². The third-order valence-electron chi connectivity index (χ3n) is 2.81. The monoisotopic (exact) mass is 276 g/mol. The number of amides is 2. The highest BCUT2D eigenvalue weighted by molar-refractivity contribution is 5.86. The fraction of sp³-hybridized carbons (Fsp3) is 0.833. The van der Waals surface area contributed by atoms with Gasteiger partial charge in [-0.05, 0) is 20.8 Å². The molecule has 0 radical (unpaired) electrons. The molecule has 1 aliphatic rings. The van der Waals surface area contributed by atoms with E-state index in [1.165, 1.54) is 19.1 Å². The molecule has 0 unspecified atom stereocenters. The topological polar surface area (TPSA) is 59.1 Å². The van der Waals surface area contributed by atoms with Crippen LogP contribution in [0.3, 0.4) is 0 Å². The highest BCUT2D eigenvalue weighted by Crippen LogP contribution is 2.28. The third kappa shape index (κ3) is 3.79. The summed E-state index contributed by atoms with van der Waals surface area (Å²) in [5.74, 6) is -0.791. The summed E-state index contributed by atoms with van der Waals surface area (Å²) in [4.78, 5) is 29.5. The molecule has 110 valence electrons. The molecule has 1 atom stereocenters. The molecule has 1 heterocycles. The molecule has 0 aromatic carbocycles. The van der Waals surface area contributed by atoms with Crippen molar-refractivity contribution in [3.05, 3.63) is 0 Å². The number of likely N-dealkylation sites (tertiary alicyclic amines) is 1. The predicted octanol–water partition coefficient (Wildman–Crippen LogP) is 1.36. The number of rotatable bonds is 2. The van der Waals surface area contributed by atoms with Crippen molar-refractivity contribution < 1.29 is 23.6 Å². The van der Waals surface area contributed by atoms with Crippen molar-refractivity contribution in [2.24, 2.45) is 0 Å². The summed E-state index contributed by atoms with van der Waals surface area (Å²) in [7, 11) is 2.61. The number of alkyl halides is 1. The van der Waals surface area contributed by atoms with Gasteiger partial charge in [0.05, 0.1) is 13.7 Å². The summed E-state index contributed by atoms with van der Waals surface area (Å²) in [5.41, 5.74) is -2.76. The Balaban J connectivity index is 2.67. The molecule has 0 saturated carbocycles. The molecule has 1 fully saturated rings. The minimum Gasteiger partial charge on any atom is -0.444 e. The van der Waals surface area contributed by atoms with Crippen LogP contribution in [-0.2, 0) is 14.4 Å². The van der Waals surface area contributed by atoms with E-state index in [-0.39, 0.29) is 19.5 Å². The molecular formula is C12H21FN2O4. The first-order chi connectivity index (χ1) is 8.59. The predicted molar refractivity (Wildman–Crippen MR) is 66.0 cm³/mol. The number of ether oxygens (including phenoxy) is 1. The van der Waals surface area contributed by atoms with Crippen LogP contribution in [0.15, 0.2) is 0 Å². The average molecular weight is 276 g/mol. The average Bonchev–Trinajstić information content (AvgIpc) is 2.69. The van der Waals surface area contributed by atoms with Gasteiger partial charge in [-0.2, -0.15) is 0 Å². The zero-order valence-corrected chi connectivity index (χ0v) is 12.0. The van der Waals surface area contributed by atoms with E-state index in [4.69, 9.17) is 4.74 Å². The van der Waals surface area contributed by atoms with E-state index in [2.05, 4.69) is 4.84 Å². The van der Waals surface area contributed by atoms with Gasteiger partial charge >= 0.3 is 6.09 Å². The van der Waals surface area contributed by atoms with Crippen LogP contribution in [0.2, 0.25) is 0 Å². The Morgan fingerprint density at radius 3 is 2.42 bits per heavy atom. The third-order valence-corrected chi connectivity index (χ3v) is 2.81. The lowest BCUT2D eigenvalue weighted by atomic mass is 10.1. The van der Waals surface area contributed by atoms with E-state index in [1.807, 2.05) is 0 Å². The van der Waals surface area contributed by atoms with Gasteiger partial charge in [0, 0.05) is 20.0 Å². The van der Waals surface area contributed by atoms with Gasteiger partial charge in [0.15, 0.2) is 0 Å². The van der Waals surface area contributed by atoms with Gasteiger partial charge in [-0.15, -0.1) is 0 Å². The van der Waals surface area contributed by atoms with Gasteiger partial charge in [-0.1, -0.05) is 0 Å². The maximum atomic E-state index is 14.5. The second-order valence-corrected chi connectivity index (χ2v) is 5.60. The standard InChI is InChI=1S/C12H21FN2O4/c1-11(2,3)19-10(17)15-7-6-12(13,8-15)9(16)14(4)18-5/h6-8H2,1-5H3/t12-/m0/s1. The van der Waals surface area contributed by atoms with Crippen molar-refractivity contribution in [2.45, 2.75) is 38.5 Å². The van der Waals surface area contributed by atoms with Crippen LogP contribution in [-0.4, -0.2) is 60.5 Å². The fourth-order valence-electron chi connectivity index (χ4n) is 1.79. The van der Waals surface area contributed by atoms with E-state index < -0.39 is 23.3 Å². The highest BCUT2D eigenvalue weighted by atomic mass is 19.1. The zero-order chi connectivity index (χ0) is 14.8. The molecule has 0 aromatic heterocycles. The molecule has 1 saturated heterocycles. The lowest BCUT2D eigenvalue weighted by Gasteiger charge is -2.26. The quantitative estimate of drug-likeness (QED) is 0.714.